The highest BCUT2D eigenvalue weighted by atomic mass is 32.2. The Morgan fingerprint density at radius 1 is 1.27 bits per heavy atom. The minimum atomic E-state index is -3.52. The van der Waals surface area contributed by atoms with E-state index in [-0.39, 0.29) is 4.90 Å². The second-order valence-electron chi connectivity index (χ2n) is 5.42. The summed E-state index contributed by atoms with van der Waals surface area (Å²) in [5.74, 6) is 1.46. The van der Waals surface area contributed by atoms with Crippen molar-refractivity contribution in [1.82, 2.24) is 10.0 Å². The number of piperidine rings is 1. The number of hydrogen-bond donors (Lipinski definition) is 2. The summed E-state index contributed by atoms with van der Waals surface area (Å²) in [7, 11) is -0.524. The highest BCUT2D eigenvalue weighted by molar-refractivity contribution is 7.89. The quantitative estimate of drug-likeness (QED) is 0.790. The fourth-order valence-corrected chi connectivity index (χ4v) is 3.70. The summed E-state index contributed by atoms with van der Waals surface area (Å²) in [6.45, 7) is 2.48. The Morgan fingerprint density at radius 2 is 2.05 bits per heavy atom. The molecule has 0 spiro atoms. The molecule has 1 saturated heterocycles. The van der Waals surface area contributed by atoms with Gasteiger partial charge in [0.2, 0.25) is 10.0 Å². The van der Waals surface area contributed by atoms with E-state index in [0.717, 1.165) is 32.4 Å². The van der Waals surface area contributed by atoms with Crippen LogP contribution in [0.2, 0.25) is 0 Å². The minimum absolute atomic E-state index is 0.187. The van der Waals surface area contributed by atoms with E-state index in [1.54, 1.807) is 6.07 Å². The van der Waals surface area contributed by atoms with Crippen molar-refractivity contribution >= 4 is 10.0 Å². The molecule has 1 unspecified atom stereocenters. The zero-order chi connectivity index (χ0) is 16.0. The summed E-state index contributed by atoms with van der Waals surface area (Å²) in [5, 5.41) is 3.33. The van der Waals surface area contributed by atoms with Crippen molar-refractivity contribution in [1.29, 1.82) is 0 Å². The predicted octanol–water partition coefficient (Wildman–Crippen LogP) is 1.37. The van der Waals surface area contributed by atoms with E-state index in [4.69, 9.17) is 9.47 Å². The lowest BCUT2D eigenvalue weighted by Crippen LogP contribution is -2.33. The first-order chi connectivity index (χ1) is 10.6. The van der Waals surface area contributed by atoms with Gasteiger partial charge in [-0.2, -0.15) is 0 Å². The molecule has 1 aliphatic heterocycles. The molecule has 6 nitrogen and oxygen atoms in total. The molecule has 0 aromatic heterocycles. The molecule has 1 aromatic carbocycles. The molecule has 2 N–H and O–H groups in total. The number of benzene rings is 1. The Balaban J connectivity index is 1.97. The Kier molecular flexibility index (Phi) is 6.05. The first kappa shape index (κ1) is 17.1. The van der Waals surface area contributed by atoms with Crippen molar-refractivity contribution < 1.29 is 17.9 Å². The standard InChI is InChI=1S/C15H24N2O4S/c1-20-14-6-5-13(10-15(14)21-2)22(18,19)17-9-7-12-4-3-8-16-11-12/h5-6,10,12,16-17H,3-4,7-9,11H2,1-2H3. The average molecular weight is 328 g/mol. The summed E-state index contributed by atoms with van der Waals surface area (Å²) >= 11 is 0. The number of ether oxygens (including phenoxy) is 2. The van der Waals surface area contributed by atoms with Gasteiger partial charge in [-0.1, -0.05) is 0 Å². The molecule has 1 aliphatic rings. The van der Waals surface area contributed by atoms with Crippen LogP contribution in [-0.4, -0.2) is 42.3 Å². The molecule has 22 heavy (non-hydrogen) atoms. The van der Waals surface area contributed by atoms with Crippen LogP contribution >= 0.6 is 0 Å². The highest BCUT2D eigenvalue weighted by Crippen LogP contribution is 2.29. The number of hydrogen-bond acceptors (Lipinski definition) is 5. The monoisotopic (exact) mass is 328 g/mol. The second-order valence-corrected chi connectivity index (χ2v) is 7.18. The third-order valence-electron chi connectivity index (χ3n) is 3.91. The summed E-state index contributed by atoms with van der Waals surface area (Å²) in [6.07, 6.45) is 3.16. The van der Waals surface area contributed by atoms with Crippen LogP contribution in [0.4, 0.5) is 0 Å². The van der Waals surface area contributed by atoms with Gasteiger partial charge in [0.05, 0.1) is 19.1 Å². The molecule has 0 aliphatic carbocycles. The van der Waals surface area contributed by atoms with E-state index in [1.807, 2.05) is 0 Å². The maximum Gasteiger partial charge on any atom is 0.240 e. The predicted molar refractivity (Wildman–Crippen MR) is 84.9 cm³/mol. The van der Waals surface area contributed by atoms with Gasteiger partial charge in [0.15, 0.2) is 11.5 Å². The third kappa shape index (κ3) is 4.34. The number of sulfonamides is 1. The van der Waals surface area contributed by atoms with Crippen molar-refractivity contribution in [3.05, 3.63) is 18.2 Å². The lowest BCUT2D eigenvalue weighted by atomic mass is 9.96. The van der Waals surface area contributed by atoms with Crippen LogP contribution in [0.3, 0.4) is 0 Å². The topological polar surface area (TPSA) is 76.7 Å². The fourth-order valence-electron chi connectivity index (χ4n) is 2.63. The molecule has 0 bridgehead atoms. The van der Waals surface area contributed by atoms with Crippen LogP contribution in [0.25, 0.3) is 0 Å². The van der Waals surface area contributed by atoms with E-state index in [0.29, 0.717) is 24.0 Å². The van der Waals surface area contributed by atoms with Gasteiger partial charge >= 0.3 is 0 Å². The lowest BCUT2D eigenvalue weighted by Gasteiger charge is -2.22. The van der Waals surface area contributed by atoms with E-state index >= 15 is 0 Å². The molecular weight excluding hydrogens is 304 g/mol. The summed E-state index contributed by atoms with van der Waals surface area (Å²) in [6, 6.07) is 4.59. The van der Waals surface area contributed by atoms with E-state index in [2.05, 4.69) is 10.0 Å². The highest BCUT2D eigenvalue weighted by Gasteiger charge is 2.18. The average Bonchev–Trinajstić information content (AvgIpc) is 2.55. The number of rotatable bonds is 7. The molecule has 1 aromatic rings. The molecule has 2 rings (SSSR count). The van der Waals surface area contributed by atoms with Crippen molar-refractivity contribution in [2.24, 2.45) is 5.92 Å². The molecule has 1 fully saturated rings. The lowest BCUT2D eigenvalue weighted by molar-refractivity contribution is 0.353. The Labute approximate surface area is 132 Å². The summed E-state index contributed by atoms with van der Waals surface area (Å²) in [5.41, 5.74) is 0. The smallest absolute Gasteiger partial charge is 0.240 e. The van der Waals surface area contributed by atoms with Gasteiger partial charge in [-0.15, -0.1) is 0 Å². The van der Waals surface area contributed by atoms with Crippen molar-refractivity contribution in [3.8, 4) is 11.5 Å². The van der Waals surface area contributed by atoms with Gasteiger partial charge in [-0.3, -0.25) is 0 Å². The molecule has 1 heterocycles. The molecule has 0 radical (unpaired) electrons. The normalized spacial score (nSPS) is 18.9. The van der Waals surface area contributed by atoms with E-state index in [1.165, 1.54) is 26.4 Å². The van der Waals surface area contributed by atoms with Gasteiger partial charge in [0, 0.05) is 12.6 Å². The zero-order valence-electron chi connectivity index (χ0n) is 13.1. The molecule has 1 atom stereocenters. The Morgan fingerprint density at radius 3 is 2.68 bits per heavy atom. The molecule has 0 amide bonds. The van der Waals surface area contributed by atoms with Crippen molar-refractivity contribution in [2.45, 2.75) is 24.2 Å². The number of nitrogens with one attached hydrogen (secondary N) is 2. The molecular formula is C15H24N2O4S. The molecule has 7 heteroatoms. The fraction of sp³-hybridized carbons (Fsp3) is 0.600. The minimum Gasteiger partial charge on any atom is -0.493 e. The van der Waals surface area contributed by atoms with Gasteiger partial charge in [-0.05, 0) is 50.4 Å². The van der Waals surface area contributed by atoms with Crippen molar-refractivity contribution in [2.75, 3.05) is 33.9 Å². The van der Waals surface area contributed by atoms with Crippen LogP contribution in [0.1, 0.15) is 19.3 Å². The van der Waals surface area contributed by atoms with Gasteiger partial charge < -0.3 is 14.8 Å². The summed E-state index contributed by atoms with van der Waals surface area (Å²) in [4.78, 5) is 0.187. The van der Waals surface area contributed by atoms with Gasteiger partial charge in [0.25, 0.3) is 0 Å². The van der Waals surface area contributed by atoms with Crippen molar-refractivity contribution in [3.63, 3.8) is 0 Å². The van der Waals surface area contributed by atoms with Crippen LogP contribution in [0.5, 0.6) is 11.5 Å². The largest absolute Gasteiger partial charge is 0.493 e. The first-order valence-corrected chi connectivity index (χ1v) is 8.97. The SMILES string of the molecule is COc1ccc(S(=O)(=O)NCCC2CCCNC2)cc1OC. The third-order valence-corrected chi connectivity index (χ3v) is 5.37. The van der Waals surface area contributed by atoms with E-state index < -0.39 is 10.0 Å². The van der Waals surface area contributed by atoms with Gasteiger partial charge in [0.1, 0.15) is 0 Å². The molecule has 124 valence electrons. The maximum atomic E-state index is 12.3. The maximum absolute atomic E-state index is 12.3. The molecule has 0 saturated carbocycles. The second kappa shape index (κ2) is 7.80. The van der Waals surface area contributed by atoms with E-state index in [9.17, 15) is 8.42 Å². The zero-order valence-corrected chi connectivity index (χ0v) is 13.9. The first-order valence-electron chi connectivity index (χ1n) is 7.49. The van der Waals surface area contributed by atoms with Crippen LogP contribution in [0, 0.1) is 5.92 Å². The van der Waals surface area contributed by atoms with Crippen LogP contribution in [-0.2, 0) is 10.0 Å². The Hall–Kier alpha value is -1.31. The van der Waals surface area contributed by atoms with Crippen LogP contribution in [0.15, 0.2) is 23.1 Å². The Bertz CT molecular complexity index is 583. The van der Waals surface area contributed by atoms with Gasteiger partial charge in [-0.25, -0.2) is 13.1 Å². The summed E-state index contributed by atoms with van der Waals surface area (Å²) < 4.78 is 37.6. The number of methoxy groups -OCH3 is 2. The van der Waals surface area contributed by atoms with Crippen LogP contribution < -0.4 is 19.5 Å².